The lowest BCUT2D eigenvalue weighted by atomic mass is 9.94. The summed E-state index contributed by atoms with van der Waals surface area (Å²) in [6, 6.07) is 0.820. The summed E-state index contributed by atoms with van der Waals surface area (Å²) in [5.41, 5.74) is 1.70. The molecule has 0 amide bonds. The molecule has 16 heavy (non-hydrogen) atoms. The largest absolute Gasteiger partial charge is 0.313 e. The van der Waals surface area contributed by atoms with Crippen LogP contribution in [0.25, 0.3) is 0 Å². The summed E-state index contributed by atoms with van der Waals surface area (Å²) in [5.74, 6) is 0.950. The van der Waals surface area contributed by atoms with E-state index in [-0.39, 0.29) is 0 Å². The maximum absolute atomic E-state index is 3.81. The van der Waals surface area contributed by atoms with Gasteiger partial charge in [0.1, 0.15) is 0 Å². The highest BCUT2D eigenvalue weighted by atomic mass is 15.2. The zero-order valence-electron chi connectivity index (χ0n) is 10.3. The second-order valence-corrected chi connectivity index (χ2v) is 5.70. The standard InChI is InChI=1S/C14H24N2/c1-2-4-12(3-1)5-8-15-14-7-10-16-9-6-13(14)11-16/h3,13-15H,1-2,4-11H2. The van der Waals surface area contributed by atoms with Gasteiger partial charge >= 0.3 is 0 Å². The van der Waals surface area contributed by atoms with E-state index in [0.29, 0.717) is 0 Å². The molecule has 90 valence electrons. The Balaban J connectivity index is 1.41. The third-order valence-corrected chi connectivity index (χ3v) is 4.62. The molecule has 3 rings (SSSR count). The number of piperidine rings is 1. The van der Waals surface area contributed by atoms with Gasteiger partial charge in [-0.2, -0.15) is 0 Å². The van der Waals surface area contributed by atoms with Gasteiger partial charge in [-0.15, -0.1) is 0 Å². The Morgan fingerprint density at radius 1 is 1.31 bits per heavy atom. The summed E-state index contributed by atoms with van der Waals surface area (Å²) in [4.78, 5) is 2.63. The Bertz CT molecular complexity index is 272. The Morgan fingerprint density at radius 2 is 2.25 bits per heavy atom. The van der Waals surface area contributed by atoms with Crippen molar-refractivity contribution in [2.24, 2.45) is 5.92 Å². The summed E-state index contributed by atoms with van der Waals surface area (Å²) in [6.45, 7) is 5.26. The summed E-state index contributed by atoms with van der Waals surface area (Å²) < 4.78 is 0. The van der Waals surface area contributed by atoms with Gasteiger partial charge in [0.15, 0.2) is 0 Å². The Morgan fingerprint density at radius 3 is 3.12 bits per heavy atom. The normalized spacial score (nSPS) is 37.8. The fourth-order valence-electron chi connectivity index (χ4n) is 3.60. The minimum atomic E-state index is 0.820. The number of hydrogen-bond donors (Lipinski definition) is 1. The van der Waals surface area contributed by atoms with Gasteiger partial charge in [-0.25, -0.2) is 0 Å². The average Bonchev–Trinajstić information content (AvgIpc) is 2.92. The van der Waals surface area contributed by atoms with Crippen molar-refractivity contribution in [3.8, 4) is 0 Å². The van der Waals surface area contributed by atoms with E-state index in [0.717, 1.165) is 12.0 Å². The van der Waals surface area contributed by atoms with Gasteiger partial charge < -0.3 is 10.2 Å². The van der Waals surface area contributed by atoms with Crippen molar-refractivity contribution in [2.45, 2.75) is 44.6 Å². The van der Waals surface area contributed by atoms with E-state index >= 15 is 0 Å². The number of nitrogens with one attached hydrogen (secondary N) is 1. The van der Waals surface area contributed by atoms with E-state index in [1.165, 1.54) is 64.7 Å². The van der Waals surface area contributed by atoms with Gasteiger partial charge in [-0.1, -0.05) is 11.6 Å². The molecule has 2 saturated heterocycles. The molecule has 0 spiro atoms. The van der Waals surface area contributed by atoms with E-state index in [1.807, 2.05) is 0 Å². The predicted octanol–water partition coefficient (Wildman–Crippen LogP) is 2.17. The van der Waals surface area contributed by atoms with Crippen LogP contribution < -0.4 is 5.32 Å². The maximum atomic E-state index is 3.81. The molecule has 2 aliphatic heterocycles. The SMILES string of the molecule is C1=C(CCNC2CCN3CCC2C3)CCC1. The lowest BCUT2D eigenvalue weighted by molar-refractivity contribution is 0.222. The Hall–Kier alpha value is -0.340. The fourth-order valence-corrected chi connectivity index (χ4v) is 3.60. The van der Waals surface area contributed by atoms with E-state index in [9.17, 15) is 0 Å². The molecular formula is C14H24N2. The number of nitrogens with zero attached hydrogens (tertiary/aromatic N) is 1. The van der Waals surface area contributed by atoms with Crippen LogP contribution in [0.1, 0.15) is 38.5 Å². The fraction of sp³-hybridized carbons (Fsp3) is 0.857. The highest BCUT2D eigenvalue weighted by molar-refractivity contribution is 5.07. The lowest BCUT2D eigenvalue weighted by Crippen LogP contribution is -2.44. The molecule has 3 aliphatic rings. The summed E-state index contributed by atoms with van der Waals surface area (Å²) in [5, 5.41) is 3.81. The summed E-state index contributed by atoms with van der Waals surface area (Å²) in [7, 11) is 0. The molecule has 3 unspecified atom stereocenters. The third kappa shape index (κ3) is 2.33. The van der Waals surface area contributed by atoms with Gasteiger partial charge in [0.25, 0.3) is 0 Å². The number of fused-ring (bicyclic) bond motifs is 2. The van der Waals surface area contributed by atoms with E-state index in [1.54, 1.807) is 5.57 Å². The van der Waals surface area contributed by atoms with E-state index in [4.69, 9.17) is 0 Å². The topological polar surface area (TPSA) is 15.3 Å². The molecule has 0 aromatic rings. The maximum Gasteiger partial charge on any atom is 0.0120 e. The van der Waals surface area contributed by atoms with Crippen molar-refractivity contribution < 1.29 is 0 Å². The van der Waals surface area contributed by atoms with Crippen molar-refractivity contribution in [3.63, 3.8) is 0 Å². The van der Waals surface area contributed by atoms with Gasteiger partial charge in [0.05, 0.1) is 0 Å². The second kappa shape index (κ2) is 4.89. The Kier molecular flexibility index (Phi) is 3.30. The molecule has 0 saturated carbocycles. The quantitative estimate of drug-likeness (QED) is 0.731. The molecule has 2 fully saturated rings. The summed E-state index contributed by atoms with van der Waals surface area (Å²) >= 11 is 0. The lowest BCUT2D eigenvalue weighted by Gasteiger charge is -2.31. The van der Waals surface area contributed by atoms with Crippen LogP contribution in [0.15, 0.2) is 11.6 Å². The minimum absolute atomic E-state index is 0.820. The second-order valence-electron chi connectivity index (χ2n) is 5.70. The van der Waals surface area contributed by atoms with E-state index in [2.05, 4.69) is 16.3 Å². The molecule has 0 aromatic carbocycles. The first-order chi connectivity index (χ1) is 7.92. The van der Waals surface area contributed by atoms with Crippen molar-refractivity contribution in [3.05, 3.63) is 11.6 Å². The highest BCUT2D eigenvalue weighted by Gasteiger charge is 2.33. The molecule has 1 N–H and O–H groups in total. The zero-order chi connectivity index (χ0) is 10.8. The monoisotopic (exact) mass is 220 g/mol. The third-order valence-electron chi connectivity index (χ3n) is 4.62. The highest BCUT2D eigenvalue weighted by Crippen LogP contribution is 2.27. The number of allylic oxidation sites excluding steroid dienone is 1. The first-order valence-corrected chi connectivity index (χ1v) is 7.05. The molecule has 1 aliphatic carbocycles. The molecule has 2 nitrogen and oxygen atoms in total. The van der Waals surface area contributed by atoms with Crippen LogP contribution in [0.3, 0.4) is 0 Å². The first kappa shape index (κ1) is 10.8. The summed E-state index contributed by atoms with van der Waals surface area (Å²) in [6.07, 6.45) is 10.7. The number of hydrogen-bond acceptors (Lipinski definition) is 2. The first-order valence-electron chi connectivity index (χ1n) is 7.05. The Labute approximate surface area is 99.1 Å². The molecule has 0 radical (unpaired) electrons. The smallest absolute Gasteiger partial charge is 0.0120 e. The van der Waals surface area contributed by atoms with Crippen molar-refractivity contribution in [1.82, 2.24) is 10.2 Å². The number of rotatable bonds is 4. The van der Waals surface area contributed by atoms with Crippen molar-refractivity contribution in [2.75, 3.05) is 26.2 Å². The van der Waals surface area contributed by atoms with Crippen LogP contribution in [0.5, 0.6) is 0 Å². The van der Waals surface area contributed by atoms with Crippen LogP contribution in [-0.2, 0) is 0 Å². The van der Waals surface area contributed by atoms with Gasteiger partial charge in [0, 0.05) is 12.6 Å². The van der Waals surface area contributed by atoms with Gasteiger partial charge in [-0.3, -0.25) is 0 Å². The van der Waals surface area contributed by atoms with Crippen LogP contribution in [0, 0.1) is 5.92 Å². The van der Waals surface area contributed by atoms with Crippen LogP contribution >= 0.6 is 0 Å². The van der Waals surface area contributed by atoms with Gasteiger partial charge in [-0.05, 0) is 64.1 Å². The van der Waals surface area contributed by atoms with Crippen LogP contribution in [0.2, 0.25) is 0 Å². The molecule has 2 heteroatoms. The van der Waals surface area contributed by atoms with Gasteiger partial charge in [0.2, 0.25) is 0 Å². The molecular weight excluding hydrogens is 196 g/mol. The van der Waals surface area contributed by atoms with Crippen molar-refractivity contribution >= 4 is 0 Å². The average molecular weight is 220 g/mol. The molecule has 3 atom stereocenters. The van der Waals surface area contributed by atoms with E-state index < -0.39 is 0 Å². The molecule has 0 aromatic heterocycles. The molecule has 2 heterocycles. The molecule has 2 bridgehead atoms. The zero-order valence-corrected chi connectivity index (χ0v) is 10.3. The van der Waals surface area contributed by atoms with Crippen molar-refractivity contribution in [1.29, 1.82) is 0 Å². The van der Waals surface area contributed by atoms with Crippen LogP contribution in [-0.4, -0.2) is 37.1 Å². The predicted molar refractivity (Wildman–Crippen MR) is 67.5 cm³/mol. The van der Waals surface area contributed by atoms with Crippen LogP contribution in [0.4, 0.5) is 0 Å². The minimum Gasteiger partial charge on any atom is -0.313 e.